The Bertz CT molecular complexity index is 1220. The highest BCUT2D eigenvalue weighted by atomic mass is 32.1. The fourth-order valence-electron chi connectivity index (χ4n) is 5.32. The van der Waals surface area contributed by atoms with Gasteiger partial charge < -0.3 is 19.3 Å². The first-order valence-corrected chi connectivity index (χ1v) is 13.6. The Morgan fingerprint density at radius 2 is 1.59 bits per heavy atom. The van der Waals surface area contributed by atoms with Crippen molar-refractivity contribution in [3.05, 3.63) is 81.5 Å². The van der Waals surface area contributed by atoms with Crippen LogP contribution in [0.4, 0.5) is 0 Å². The number of fused-ring (bicyclic) bond motifs is 1. The molecule has 0 aliphatic carbocycles. The molecule has 1 fully saturated rings. The van der Waals surface area contributed by atoms with Gasteiger partial charge in [0.25, 0.3) is 5.91 Å². The summed E-state index contributed by atoms with van der Waals surface area (Å²) in [7, 11) is 3.14. The van der Waals surface area contributed by atoms with Gasteiger partial charge in [0.1, 0.15) is 11.5 Å². The molecule has 0 spiro atoms. The number of hydrogen-bond donors (Lipinski definition) is 0. The molecule has 5 rings (SSSR count). The highest BCUT2D eigenvalue weighted by Crippen LogP contribution is 2.37. The van der Waals surface area contributed by atoms with Gasteiger partial charge in [-0.2, -0.15) is 0 Å². The minimum absolute atomic E-state index is 0.0725. The molecule has 2 aliphatic heterocycles. The maximum atomic E-state index is 13.5. The molecule has 7 nitrogen and oxygen atoms in total. The molecule has 0 bridgehead atoms. The van der Waals surface area contributed by atoms with E-state index in [0.717, 1.165) is 19.4 Å². The van der Waals surface area contributed by atoms with E-state index in [0.29, 0.717) is 49.8 Å². The number of methoxy groups -OCH3 is 2. The van der Waals surface area contributed by atoms with E-state index in [1.807, 2.05) is 15.9 Å². The van der Waals surface area contributed by atoms with Gasteiger partial charge in [0.05, 0.1) is 26.8 Å². The third-order valence-corrected chi connectivity index (χ3v) is 8.25. The zero-order chi connectivity index (χ0) is 25.8. The average molecular weight is 520 g/mol. The Morgan fingerprint density at radius 3 is 2.32 bits per heavy atom. The minimum Gasteiger partial charge on any atom is -0.497 e. The minimum atomic E-state index is -0.0725. The van der Waals surface area contributed by atoms with Gasteiger partial charge in [-0.25, -0.2) is 0 Å². The van der Waals surface area contributed by atoms with Gasteiger partial charge in [-0.05, 0) is 47.5 Å². The van der Waals surface area contributed by atoms with E-state index in [1.54, 1.807) is 43.8 Å². The van der Waals surface area contributed by atoms with Crippen LogP contribution < -0.4 is 9.47 Å². The molecule has 37 heavy (non-hydrogen) atoms. The first kappa shape index (κ1) is 25.3. The largest absolute Gasteiger partial charge is 0.497 e. The van der Waals surface area contributed by atoms with Crippen LogP contribution in [0.3, 0.4) is 0 Å². The monoisotopic (exact) mass is 519 g/mol. The molecule has 3 heterocycles. The zero-order valence-electron chi connectivity index (χ0n) is 21.4. The Kier molecular flexibility index (Phi) is 7.76. The van der Waals surface area contributed by atoms with Crippen LogP contribution in [0, 0.1) is 0 Å². The molecule has 0 N–H and O–H groups in total. The second-order valence-corrected chi connectivity index (χ2v) is 10.5. The van der Waals surface area contributed by atoms with Crippen molar-refractivity contribution in [3.63, 3.8) is 0 Å². The van der Waals surface area contributed by atoms with Crippen molar-refractivity contribution in [2.24, 2.45) is 0 Å². The third kappa shape index (κ3) is 5.50. The molecule has 2 amide bonds. The van der Waals surface area contributed by atoms with E-state index in [-0.39, 0.29) is 17.9 Å². The van der Waals surface area contributed by atoms with Crippen LogP contribution in [-0.4, -0.2) is 80.0 Å². The van der Waals surface area contributed by atoms with Crippen molar-refractivity contribution in [2.45, 2.75) is 18.9 Å². The molecular formula is C29H33N3O4S. The quantitative estimate of drug-likeness (QED) is 0.491. The predicted molar refractivity (Wildman–Crippen MR) is 145 cm³/mol. The molecular weight excluding hydrogens is 486 g/mol. The third-order valence-electron chi connectivity index (χ3n) is 7.25. The van der Waals surface area contributed by atoms with E-state index in [4.69, 9.17) is 9.47 Å². The van der Waals surface area contributed by atoms with Gasteiger partial charge in [0.15, 0.2) is 0 Å². The molecule has 1 atom stereocenters. The highest BCUT2D eigenvalue weighted by molar-refractivity contribution is 7.10. The van der Waals surface area contributed by atoms with Crippen molar-refractivity contribution < 1.29 is 19.1 Å². The van der Waals surface area contributed by atoms with E-state index in [2.05, 4.69) is 40.6 Å². The molecule has 3 aromatic rings. The fourth-order valence-corrected chi connectivity index (χ4v) is 6.23. The van der Waals surface area contributed by atoms with E-state index in [1.165, 1.54) is 16.0 Å². The number of carbonyl (C=O) groups excluding carboxylic acids is 2. The number of hydrogen-bond acceptors (Lipinski definition) is 6. The molecule has 2 aliphatic rings. The fraction of sp³-hybridized carbons (Fsp3) is 0.379. The van der Waals surface area contributed by atoms with Gasteiger partial charge in [-0.15, -0.1) is 11.3 Å². The first-order valence-electron chi connectivity index (χ1n) is 12.7. The van der Waals surface area contributed by atoms with Crippen LogP contribution in [-0.2, 0) is 11.2 Å². The first-order chi connectivity index (χ1) is 18.1. The Morgan fingerprint density at radius 1 is 0.892 bits per heavy atom. The van der Waals surface area contributed by atoms with Gasteiger partial charge in [-0.1, -0.05) is 30.3 Å². The lowest BCUT2D eigenvalue weighted by Crippen LogP contribution is -2.45. The van der Waals surface area contributed by atoms with Gasteiger partial charge in [-0.3, -0.25) is 14.5 Å². The summed E-state index contributed by atoms with van der Waals surface area (Å²) in [5, 5.41) is 2.16. The number of nitrogens with zero attached hydrogens (tertiary/aromatic N) is 3. The molecule has 2 aromatic carbocycles. The number of thiophene rings is 1. The zero-order valence-corrected chi connectivity index (χ0v) is 22.2. The average Bonchev–Trinajstić information content (AvgIpc) is 3.28. The van der Waals surface area contributed by atoms with Crippen molar-refractivity contribution in [2.75, 3.05) is 53.5 Å². The number of rotatable bonds is 6. The summed E-state index contributed by atoms with van der Waals surface area (Å²) in [5.74, 6) is 1.21. The molecule has 1 saturated heterocycles. The highest BCUT2D eigenvalue weighted by Gasteiger charge is 2.32. The van der Waals surface area contributed by atoms with E-state index in [9.17, 15) is 9.59 Å². The number of benzene rings is 2. The lowest BCUT2D eigenvalue weighted by molar-refractivity contribution is -0.132. The molecule has 1 aromatic heterocycles. The lowest BCUT2D eigenvalue weighted by atomic mass is 9.93. The maximum Gasteiger partial charge on any atom is 0.254 e. The smallest absolute Gasteiger partial charge is 0.254 e. The van der Waals surface area contributed by atoms with Crippen molar-refractivity contribution in [3.8, 4) is 11.5 Å². The molecule has 1 unspecified atom stereocenters. The lowest BCUT2D eigenvalue weighted by Gasteiger charge is -2.37. The number of carbonyl (C=O) groups is 2. The Balaban J connectivity index is 1.26. The van der Waals surface area contributed by atoms with Crippen LogP contribution in [0.1, 0.15) is 38.8 Å². The van der Waals surface area contributed by atoms with Gasteiger partial charge >= 0.3 is 0 Å². The second kappa shape index (κ2) is 11.4. The van der Waals surface area contributed by atoms with Gasteiger partial charge in [0, 0.05) is 49.2 Å². The van der Waals surface area contributed by atoms with Crippen molar-refractivity contribution in [1.82, 2.24) is 14.7 Å². The van der Waals surface area contributed by atoms with Crippen LogP contribution >= 0.6 is 11.3 Å². The Hall–Kier alpha value is -3.36. The maximum absolute atomic E-state index is 13.5. The summed E-state index contributed by atoms with van der Waals surface area (Å²) in [6.45, 7) is 3.51. The Labute approximate surface area is 222 Å². The molecule has 194 valence electrons. The van der Waals surface area contributed by atoms with Crippen molar-refractivity contribution in [1.29, 1.82) is 0 Å². The summed E-state index contributed by atoms with van der Waals surface area (Å²) < 4.78 is 10.7. The molecule has 0 saturated carbocycles. The predicted octanol–water partition coefficient (Wildman–Crippen LogP) is 4.09. The molecule has 0 radical (unpaired) electrons. The summed E-state index contributed by atoms with van der Waals surface area (Å²) in [4.78, 5) is 34.3. The van der Waals surface area contributed by atoms with Crippen LogP contribution in [0.5, 0.6) is 11.5 Å². The SMILES string of the molecule is COc1cc(OC)cc(C(=O)N2CCCN(C(=O)CN3CCc4sccc4C3c3ccccc3)CC2)c1. The van der Waals surface area contributed by atoms with Crippen LogP contribution in [0.25, 0.3) is 0 Å². The summed E-state index contributed by atoms with van der Waals surface area (Å²) >= 11 is 1.81. The second-order valence-electron chi connectivity index (χ2n) is 9.46. The number of amides is 2. The normalized spacial score (nSPS) is 18.2. The van der Waals surface area contributed by atoms with Crippen molar-refractivity contribution >= 4 is 23.2 Å². The molecule has 8 heteroatoms. The van der Waals surface area contributed by atoms with Gasteiger partial charge in [0.2, 0.25) is 5.91 Å². The van der Waals surface area contributed by atoms with Crippen LogP contribution in [0.15, 0.2) is 60.0 Å². The van der Waals surface area contributed by atoms with E-state index >= 15 is 0 Å². The van der Waals surface area contributed by atoms with E-state index < -0.39 is 0 Å². The van der Waals surface area contributed by atoms with Crippen LogP contribution in [0.2, 0.25) is 0 Å². The summed E-state index contributed by atoms with van der Waals surface area (Å²) in [5.41, 5.74) is 3.06. The topological polar surface area (TPSA) is 62.3 Å². The number of ether oxygens (including phenoxy) is 2. The summed E-state index contributed by atoms with van der Waals surface area (Å²) in [6, 6.07) is 18.0. The summed E-state index contributed by atoms with van der Waals surface area (Å²) in [6.07, 6.45) is 1.71. The standard InChI is InChI=1S/C29H33N3O4S/c1-35-23-17-22(18-24(19-23)36-2)29(34)31-12-6-11-30(14-15-31)27(33)20-32-13-9-26-25(10-16-37-26)28(32)21-7-4-3-5-8-21/h3-5,7-8,10,16-19,28H,6,9,11-15,20H2,1-2H3.